The smallest absolute Gasteiger partial charge is 0.317 e. The lowest BCUT2D eigenvalue weighted by atomic mass is 9.75. The van der Waals surface area contributed by atoms with E-state index in [2.05, 4.69) is 11.0 Å². The topological polar surface area (TPSA) is 224 Å². The number of nitrogens with two attached hydrogens (primary N) is 2. The fraction of sp³-hybridized carbons (Fsp3) is 0.833. The molecule has 1 amide bonds. The van der Waals surface area contributed by atoms with E-state index in [0.29, 0.717) is 70.6 Å². The molecule has 4 atom stereocenters. The predicted molar refractivity (Wildman–Crippen MR) is 187 cm³/mol. The number of carboxylic acid groups (broad SMARTS) is 1. The zero-order valence-electron chi connectivity index (χ0n) is 32.3. The molecule has 0 saturated heterocycles. The van der Waals surface area contributed by atoms with Crippen molar-refractivity contribution in [2.45, 2.75) is 119 Å². The number of primary amides is 1. The molecule has 0 aliphatic heterocycles. The number of nitrogens with one attached hydrogen (secondary N) is 1. The van der Waals surface area contributed by atoms with Gasteiger partial charge in [0.2, 0.25) is 5.91 Å². The molecule has 14 heteroatoms. The number of amides is 1. The lowest BCUT2D eigenvalue weighted by molar-refractivity contribution is -0.157. The van der Waals surface area contributed by atoms with Gasteiger partial charge in [-0.2, -0.15) is 0 Å². The van der Waals surface area contributed by atoms with Crippen LogP contribution in [0.2, 0.25) is 1.41 Å². The molecule has 50 heavy (non-hydrogen) atoms. The molecular formula is C36H65N3O11. The van der Waals surface area contributed by atoms with Gasteiger partial charge in [0.25, 0.3) is 0 Å². The molecule has 0 aromatic rings. The first kappa shape index (κ1) is 44.8. The first-order valence-corrected chi connectivity index (χ1v) is 18.1. The van der Waals surface area contributed by atoms with Crippen molar-refractivity contribution >= 4 is 35.8 Å². The minimum absolute atomic E-state index is 0.0158. The number of carbonyl (C=O) groups excluding carboxylic acids is 5. The quantitative estimate of drug-likeness (QED) is 0.0454. The normalized spacial score (nSPS) is 15.1. The molecule has 0 saturated carbocycles. The third-order valence-corrected chi connectivity index (χ3v) is 9.15. The van der Waals surface area contributed by atoms with Crippen molar-refractivity contribution in [3.63, 3.8) is 0 Å². The minimum Gasteiger partial charge on any atom is -0.480 e. The number of ether oxygens (including phenoxy) is 4. The number of esters is 4. The lowest BCUT2D eigenvalue weighted by Gasteiger charge is -2.31. The van der Waals surface area contributed by atoms with Crippen LogP contribution in [0.25, 0.3) is 0 Å². The van der Waals surface area contributed by atoms with Gasteiger partial charge in [0.05, 0.1) is 29.2 Å². The lowest BCUT2D eigenvalue weighted by Crippen LogP contribution is -2.34. The molecule has 290 valence electrons. The van der Waals surface area contributed by atoms with Crippen molar-refractivity contribution in [2.24, 2.45) is 40.0 Å². The summed E-state index contributed by atoms with van der Waals surface area (Å²) in [4.78, 5) is 73.9. The summed E-state index contributed by atoms with van der Waals surface area (Å²) in [6, 6.07) is 0. The Morgan fingerprint density at radius 1 is 0.740 bits per heavy atom. The second-order valence-corrected chi connectivity index (χ2v) is 13.8. The Bertz CT molecular complexity index is 1080. The molecule has 0 heterocycles. The van der Waals surface area contributed by atoms with E-state index in [1.54, 1.807) is 27.7 Å². The number of rotatable bonds is 31. The summed E-state index contributed by atoms with van der Waals surface area (Å²) in [5.41, 5.74) is 6.04. The fourth-order valence-electron chi connectivity index (χ4n) is 5.60. The molecule has 14 nitrogen and oxygen atoms in total. The van der Waals surface area contributed by atoms with Crippen molar-refractivity contribution in [1.82, 2.24) is 5.32 Å². The van der Waals surface area contributed by atoms with Crippen molar-refractivity contribution in [1.29, 1.82) is 0 Å². The van der Waals surface area contributed by atoms with Crippen LogP contribution in [0, 0.1) is 28.6 Å². The predicted octanol–water partition coefficient (Wildman–Crippen LogP) is 3.90. The van der Waals surface area contributed by atoms with Crippen LogP contribution in [0.15, 0.2) is 0 Å². The van der Waals surface area contributed by atoms with Crippen LogP contribution in [-0.4, -0.2) is 86.9 Å². The van der Waals surface area contributed by atoms with Crippen molar-refractivity contribution < 1.29 is 54.2 Å². The van der Waals surface area contributed by atoms with E-state index in [-0.39, 0.29) is 69.8 Å². The van der Waals surface area contributed by atoms with E-state index in [4.69, 9.17) is 31.2 Å². The van der Waals surface area contributed by atoms with Gasteiger partial charge in [0.15, 0.2) is 0 Å². The maximum absolute atomic E-state index is 13.4. The van der Waals surface area contributed by atoms with Gasteiger partial charge in [-0.3, -0.25) is 28.8 Å². The molecule has 0 spiro atoms. The van der Waals surface area contributed by atoms with Gasteiger partial charge in [0.1, 0.15) is 27.8 Å². The molecule has 0 aliphatic carbocycles. The zero-order valence-corrected chi connectivity index (χ0v) is 31.3. The molecule has 6 N–H and O–H groups in total. The largest absolute Gasteiger partial charge is 0.480 e. The molecule has 0 radical (unpaired) electrons. The monoisotopic (exact) mass is 716 g/mol. The Morgan fingerprint density at radius 2 is 1.30 bits per heavy atom. The minimum atomic E-state index is -1.00. The molecule has 0 bridgehead atoms. The molecule has 0 fully saturated rings. The molecule has 4 unspecified atom stereocenters. The van der Waals surface area contributed by atoms with Gasteiger partial charge < -0.3 is 40.8 Å². The van der Waals surface area contributed by atoms with E-state index in [0.717, 1.165) is 6.42 Å². The first-order chi connectivity index (χ1) is 24.1. The summed E-state index contributed by atoms with van der Waals surface area (Å²) >= 11 is 0. The van der Waals surface area contributed by atoms with Crippen LogP contribution in [0.5, 0.6) is 0 Å². The third-order valence-electron chi connectivity index (χ3n) is 9.15. The van der Waals surface area contributed by atoms with E-state index in [1.807, 2.05) is 13.8 Å². The molecule has 0 aromatic heterocycles. The van der Waals surface area contributed by atoms with Crippen LogP contribution < -0.4 is 16.8 Å². The summed E-state index contributed by atoms with van der Waals surface area (Å²) in [6.07, 6.45) is 6.18. The Balaban J connectivity index is 5.61. The number of aliphatic carboxylic acids is 1. The summed E-state index contributed by atoms with van der Waals surface area (Å²) in [7, 11) is 0. The fourth-order valence-corrected chi connectivity index (χ4v) is 5.60. The van der Waals surface area contributed by atoms with Crippen LogP contribution in [0.1, 0.15) is 119 Å². The molecule has 0 aliphatic rings. The second kappa shape index (κ2) is 25.7. The van der Waals surface area contributed by atoms with Gasteiger partial charge in [0, 0.05) is 19.0 Å². The van der Waals surface area contributed by atoms with E-state index < -0.39 is 40.6 Å². The highest BCUT2D eigenvalue weighted by molar-refractivity contribution is 5.78. The highest BCUT2D eigenvalue weighted by atomic mass is 16.6. The molecule has 0 aromatic carbocycles. The van der Waals surface area contributed by atoms with Crippen molar-refractivity contribution in [3.8, 4) is 0 Å². The Hall–Kier alpha value is -3.26. The third kappa shape index (κ3) is 19.2. The first-order valence-electron chi connectivity index (χ1n) is 18.6. The second-order valence-electron chi connectivity index (χ2n) is 13.8. The summed E-state index contributed by atoms with van der Waals surface area (Å²) in [5.74, 6) is -4.13. The molecular weight excluding hydrogens is 650 g/mol. The van der Waals surface area contributed by atoms with Gasteiger partial charge in [-0.1, -0.05) is 53.4 Å². The zero-order chi connectivity index (χ0) is 38.9. The van der Waals surface area contributed by atoms with Crippen molar-refractivity contribution in [2.75, 3.05) is 46.1 Å². The highest BCUT2D eigenvalue weighted by Crippen LogP contribution is 2.37. The standard InChI is InChI=1S/C36H65N3O11/c1-7-12-27(30(38)42)13-9-14-28(32(44)48-24-23-47-31(43)26(3)4)15-10-16-36(6,34(46)49-21-19-37)18-11-17-35(5,8-2)33(45)50-22-20-39-25-29(40)41/h26-28,39H,7-25,37H2,1-6H3,(H2,38,42)(H,40,41)/i/hD. The van der Waals surface area contributed by atoms with E-state index in [1.165, 1.54) is 0 Å². The Labute approximate surface area is 299 Å². The van der Waals surface area contributed by atoms with Gasteiger partial charge in [-0.15, -0.1) is 0 Å². The summed E-state index contributed by atoms with van der Waals surface area (Å²) in [6.45, 7) is 10.9. The van der Waals surface area contributed by atoms with Crippen LogP contribution in [0.4, 0.5) is 0 Å². The maximum atomic E-state index is 13.4. The SMILES string of the molecule is [2H]NCCOC(=O)C(C)(CCCC(CCCC(CCC)C(N)=O)C(=O)OCCOC(=O)C(C)C)CCCC(C)(CC)C(=O)OCCNCC(=O)O. The summed E-state index contributed by atoms with van der Waals surface area (Å²) < 4.78 is 28.7. The molecule has 0 rings (SSSR count). The van der Waals surface area contributed by atoms with Crippen LogP contribution >= 0.6 is 0 Å². The van der Waals surface area contributed by atoms with Gasteiger partial charge in [-0.05, 0) is 65.2 Å². The number of hydrogen-bond donors (Lipinski definition) is 4. The van der Waals surface area contributed by atoms with E-state index >= 15 is 0 Å². The number of carboxylic acids is 1. The van der Waals surface area contributed by atoms with E-state index in [9.17, 15) is 28.8 Å². The van der Waals surface area contributed by atoms with Crippen molar-refractivity contribution in [3.05, 3.63) is 0 Å². The van der Waals surface area contributed by atoms with Crippen LogP contribution in [-0.2, 0) is 47.7 Å². The summed E-state index contributed by atoms with van der Waals surface area (Å²) in [5, 5.41) is 11.4. The number of hydrogen-bond acceptors (Lipinski definition) is 12. The maximum Gasteiger partial charge on any atom is 0.317 e. The average molecular weight is 717 g/mol. The van der Waals surface area contributed by atoms with Gasteiger partial charge in [-0.25, -0.2) is 0 Å². The number of carbonyl (C=O) groups is 6. The Kier molecular flexibility index (Phi) is 23.0. The van der Waals surface area contributed by atoms with Crippen LogP contribution in [0.3, 0.4) is 0 Å². The van der Waals surface area contributed by atoms with Gasteiger partial charge >= 0.3 is 29.8 Å². The Morgan fingerprint density at radius 3 is 1.88 bits per heavy atom. The average Bonchev–Trinajstić information content (AvgIpc) is 3.08. The highest BCUT2D eigenvalue weighted by Gasteiger charge is 2.38.